The van der Waals surface area contributed by atoms with Crippen LogP contribution in [0.3, 0.4) is 0 Å². The average Bonchev–Trinajstić information content (AvgIpc) is 3.01. The van der Waals surface area contributed by atoms with Gasteiger partial charge in [-0.3, -0.25) is 0 Å². The van der Waals surface area contributed by atoms with Crippen molar-refractivity contribution in [2.24, 2.45) is 0 Å². The second kappa shape index (κ2) is 6.74. The largest absolute Gasteiger partial charge is 0.396 e. The molecule has 0 aliphatic heterocycles. The first kappa shape index (κ1) is 14.1. The molecule has 20 heavy (non-hydrogen) atoms. The molecular formula is C14H19N3OS2. The maximum absolute atomic E-state index is 8.82. The number of thiophene rings is 1. The second-order valence-corrected chi connectivity index (χ2v) is 7.13. The van der Waals surface area contributed by atoms with E-state index in [1.807, 2.05) is 0 Å². The molecule has 6 heteroatoms. The maximum Gasteiger partial charge on any atom is 0.191 e. The van der Waals surface area contributed by atoms with Crippen LogP contribution in [-0.2, 0) is 6.42 Å². The van der Waals surface area contributed by atoms with Crippen molar-refractivity contribution in [3.8, 4) is 0 Å². The summed E-state index contributed by atoms with van der Waals surface area (Å²) in [5.74, 6) is 2.10. The van der Waals surface area contributed by atoms with Gasteiger partial charge in [0.25, 0.3) is 0 Å². The van der Waals surface area contributed by atoms with Gasteiger partial charge in [0.2, 0.25) is 0 Å². The fraction of sp³-hybridized carbons (Fsp3) is 0.571. The monoisotopic (exact) mass is 309 g/mol. The first-order chi connectivity index (χ1) is 9.88. The molecule has 3 rings (SSSR count). The first-order valence-electron chi connectivity index (χ1n) is 7.08. The van der Waals surface area contributed by atoms with E-state index < -0.39 is 0 Å². The molecule has 108 valence electrons. The summed E-state index contributed by atoms with van der Waals surface area (Å²) in [5.41, 5.74) is 0. The highest BCUT2D eigenvalue weighted by Gasteiger charge is 2.29. The molecule has 0 radical (unpaired) electrons. The number of rotatable bonds is 8. The van der Waals surface area contributed by atoms with Crippen LogP contribution >= 0.6 is 23.1 Å². The van der Waals surface area contributed by atoms with E-state index in [0.717, 1.165) is 36.0 Å². The SMILES string of the molecule is OCCCCSc1nnc(Cc2cccs2)n1C1CC1. The van der Waals surface area contributed by atoms with Crippen LogP contribution in [0.15, 0.2) is 22.7 Å². The van der Waals surface area contributed by atoms with Crippen LogP contribution in [0.5, 0.6) is 0 Å². The van der Waals surface area contributed by atoms with E-state index in [9.17, 15) is 0 Å². The minimum Gasteiger partial charge on any atom is -0.396 e. The average molecular weight is 309 g/mol. The van der Waals surface area contributed by atoms with Crippen molar-refractivity contribution in [2.45, 2.75) is 43.3 Å². The number of thioether (sulfide) groups is 1. The molecule has 0 atom stereocenters. The van der Waals surface area contributed by atoms with Gasteiger partial charge in [0, 0.05) is 29.7 Å². The van der Waals surface area contributed by atoms with Crippen molar-refractivity contribution in [3.63, 3.8) is 0 Å². The number of aromatic nitrogens is 3. The third-order valence-corrected chi connectivity index (χ3v) is 5.25. The third-order valence-electron chi connectivity index (χ3n) is 3.34. The summed E-state index contributed by atoms with van der Waals surface area (Å²) in [7, 11) is 0. The second-order valence-electron chi connectivity index (χ2n) is 5.04. The lowest BCUT2D eigenvalue weighted by molar-refractivity contribution is 0.287. The fourth-order valence-corrected chi connectivity index (χ4v) is 3.90. The van der Waals surface area contributed by atoms with E-state index in [4.69, 9.17) is 5.11 Å². The zero-order chi connectivity index (χ0) is 13.8. The van der Waals surface area contributed by atoms with E-state index in [1.54, 1.807) is 23.1 Å². The summed E-state index contributed by atoms with van der Waals surface area (Å²) in [6.07, 6.45) is 5.28. The lowest BCUT2D eigenvalue weighted by Crippen LogP contribution is -2.03. The predicted molar refractivity (Wildman–Crippen MR) is 82.5 cm³/mol. The van der Waals surface area contributed by atoms with E-state index in [2.05, 4.69) is 32.3 Å². The van der Waals surface area contributed by atoms with Gasteiger partial charge in [-0.25, -0.2) is 0 Å². The van der Waals surface area contributed by atoms with Gasteiger partial charge in [0.15, 0.2) is 5.16 Å². The number of hydrogen-bond donors (Lipinski definition) is 1. The highest BCUT2D eigenvalue weighted by atomic mass is 32.2. The molecule has 0 bridgehead atoms. The highest BCUT2D eigenvalue weighted by molar-refractivity contribution is 7.99. The van der Waals surface area contributed by atoms with Crippen molar-refractivity contribution in [2.75, 3.05) is 12.4 Å². The standard InChI is InChI=1S/C14H19N3OS2/c18-7-1-2-8-20-14-16-15-13(17(14)11-5-6-11)10-12-4-3-9-19-12/h3-4,9,11,18H,1-2,5-8,10H2. The van der Waals surface area contributed by atoms with E-state index in [-0.39, 0.29) is 6.61 Å². The zero-order valence-electron chi connectivity index (χ0n) is 11.4. The predicted octanol–water partition coefficient (Wildman–Crippen LogP) is 3.13. The van der Waals surface area contributed by atoms with Crippen LogP contribution in [0.25, 0.3) is 0 Å². The smallest absolute Gasteiger partial charge is 0.191 e. The summed E-state index contributed by atoms with van der Waals surface area (Å²) in [5, 5.41) is 20.8. The normalized spacial score (nSPS) is 14.8. The van der Waals surface area contributed by atoms with Gasteiger partial charge in [-0.2, -0.15) is 0 Å². The number of aliphatic hydroxyl groups is 1. The molecule has 0 amide bonds. The summed E-state index contributed by atoms with van der Waals surface area (Å²) in [4.78, 5) is 1.34. The van der Waals surface area contributed by atoms with Crippen molar-refractivity contribution in [1.82, 2.24) is 14.8 Å². The maximum atomic E-state index is 8.82. The van der Waals surface area contributed by atoms with Crippen LogP contribution in [0.1, 0.15) is 42.4 Å². The molecule has 0 saturated heterocycles. The van der Waals surface area contributed by atoms with Crippen LogP contribution in [0.2, 0.25) is 0 Å². The number of unbranched alkanes of at least 4 members (excludes halogenated alkanes) is 1. The van der Waals surface area contributed by atoms with Gasteiger partial charge in [-0.1, -0.05) is 17.8 Å². The molecule has 4 nitrogen and oxygen atoms in total. The Bertz CT molecular complexity index is 535. The molecule has 0 spiro atoms. The third kappa shape index (κ3) is 3.42. The Labute approximate surface area is 127 Å². The van der Waals surface area contributed by atoms with Crippen LogP contribution in [0.4, 0.5) is 0 Å². The van der Waals surface area contributed by atoms with E-state index in [0.29, 0.717) is 6.04 Å². The van der Waals surface area contributed by atoms with Gasteiger partial charge >= 0.3 is 0 Å². The Balaban J connectivity index is 1.69. The molecular weight excluding hydrogens is 290 g/mol. The van der Waals surface area contributed by atoms with Crippen molar-refractivity contribution in [1.29, 1.82) is 0 Å². The molecule has 2 heterocycles. The summed E-state index contributed by atoms with van der Waals surface area (Å²) in [6, 6.07) is 4.85. The molecule has 0 unspecified atom stereocenters. The fourth-order valence-electron chi connectivity index (χ4n) is 2.17. The minimum absolute atomic E-state index is 0.277. The first-order valence-corrected chi connectivity index (χ1v) is 8.95. The Kier molecular flexibility index (Phi) is 4.75. The number of aliphatic hydroxyl groups excluding tert-OH is 1. The Hall–Kier alpha value is -0.850. The van der Waals surface area contributed by atoms with Crippen LogP contribution < -0.4 is 0 Å². The molecule has 1 saturated carbocycles. The molecule has 1 N–H and O–H groups in total. The van der Waals surface area contributed by atoms with Gasteiger partial charge < -0.3 is 9.67 Å². The summed E-state index contributed by atoms with van der Waals surface area (Å²) in [6.45, 7) is 0.277. The van der Waals surface area contributed by atoms with Crippen LogP contribution in [0, 0.1) is 0 Å². The van der Waals surface area contributed by atoms with Gasteiger partial charge in [-0.15, -0.1) is 21.5 Å². The zero-order valence-corrected chi connectivity index (χ0v) is 13.0. The Morgan fingerprint density at radius 2 is 2.25 bits per heavy atom. The van der Waals surface area contributed by atoms with Crippen LogP contribution in [-0.4, -0.2) is 32.2 Å². The Morgan fingerprint density at radius 1 is 1.35 bits per heavy atom. The number of nitrogens with zero attached hydrogens (tertiary/aromatic N) is 3. The lowest BCUT2D eigenvalue weighted by Gasteiger charge is -2.07. The van der Waals surface area contributed by atoms with E-state index in [1.165, 1.54) is 17.7 Å². The summed E-state index contributed by atoms with van der Waals surface area (Å²) < 4.78 is 2.34. The van der Waals surface area contributed by atoms with Gasteiger partial charge in [-0.05, 0) is 37.1 Å². The van der Waals surface area contributed by atoms with Crippen molar-refractivity contribution < 1.29 is 5.11 Å². The lowest BCUT2D eigenvalue weighted by atomic mass is 10.3. The minimum atomic E-state index is 0.277. The molecule has 1 aliphatic rings. The molecule has 2 aromatic rings. The molecule has 1 aliphatic carbocycles. The van der Waals surface area contributed by atoms with Gasteiger partial charge in [0.05, 0.1) is 0 Å². The molecule has 1 fully saturated rings. The van der Waals surface area contributed by atoms with Crippen molar-refractivity contribution in [3.05, 3.63) is 28.2 Å². The van der Waals surface area contributed by atoms with Crippen molar-refractivity contribution >= 4 is 23.1 Å². The number of hydrogen-bond acceptors (Lipinski definition) is 5. The highest BCUT2D eigenvalue weighted by Crippen LogP contribution is 2.39. The van der Waals surface area contributed by atoms with E-state index >= 15 is 0 Å². The molecule has 2 aromatic heterocycles. The quantitative estimate of drug-likeness (QED) is 0.601. The molecule has 0 aromatic carbocycles. The summed E-state index contributed by atoms with van der Waals surface area (Å²) >= 11 is 3.55. The van der Waals surface area contributed by atoms with Gasteiger partial charge in [0.1, 0.15) is 5.82 Å². The topological polar surface area (TPSA) is 50.9 Å². The Morgan fingerprint density at radius 3 is 2.95 bits per heavy atom.